The van der Waals surface area contributed by atoms with Crippen LogP contribution in [-0.2, 0) is 32.6 Å². The van der Waals surface area contributed by atoms with E-state index in [-0.39, 0.29) is 26.2 Å². The van der Waals surface area contributed by atoms with E-state index in [1.165, 1.54) is 27.8 Å². The summed E-state index contributed by atoms with van der Waals surface area (Å²) in [6, 6.07) is 16.7. The van der Waals surface area contributed by atoms with Crippen molar-refractivity contribution in [2.24, 2.45) is 0 Å². The number of hydrogen-bond acceptors (Lipinski definition) is 0. The smallest absolute Gasteiger partial charge is 0.335 e. The zero-order valence-corrected chi connectivity index (χ0v) is 15.6. The van der Waals surface area contributed by atoms with Crippen LogP contribution in [0.15, 0.2) is 60.7 Å². The summed E-state index contributed by atoms with van der Waals surface area (Å²) >= 11 is 0. The molecule has 22 heavy (non-hydrogen) atoms. The van der Waals surface area contributed by atoms with Crippen LogP contribution < -0.4 is 0 Å². The summed E-state index contributed by atoms with van der Waals surface area (Å²) in [4.78, 5) is 0. The van der Waals surface area contributed by atoms with Crippen molar-refractivity contribution in [2.75, 3.05) is 0 Å². The second-order valence-corrected chi connectivity index (χ2v) is 5.51. The molecule has 0 amide bonds. The minimum Gasteiger partial charge on any atom is -0.335 e. The van der Waals surface area contributed by atoms with E-state index in [1.807, 2.05) is 20.3 Å². The molecule has 0 fully saturated rings. The first-order chi connectivity index (χ1) is 10.3. The third kappa shape index (κ3) is 3.41. The molecule has 2 aromatic carbocycles. The number of hydrogen-bond donors (Lipinski definition) is 0. The van der Waals surface area contributed by atoms with Gasteiger partial charge >= 0.3 is 26.2 Å². The van der Waals surface area contributed by atoms with Gasteiger partial charge in [-0.3, -0.25) is 0 Å². The minimum absolute atomic E-state index is 0. The van der Waals surface area contributed by atoms with Gasteiger partial charge in [-0.2, -0.15) is 37.6 Å². The molecular weight excluding hydrogens is 343 g/mol. The predicted molar refractivity (Wildman–Crippen MR) is 90.2 cm³/mol. The molecule has 0 aliphatic heterocycles. The first-order valence-corrected chi connectivity index (χ1v) is 7.56. The van der Waals surface area contributed by atoms with Crippen LogP contribution in [0.25, 0.3) is 11.1 Å². The van der Waals surface area contributed by atoms with Crippen molar-refractivity contribution in [1.82, 2.24) is 0 Å². The van der Waals surface area contributed by atoms with Gasteiger partial charge in [-0.25, -0.2) is 0 Å². The van der Waals surface area contributed by atoms with Crippen molar-refractivity contribution >= 4 is 0 Å². The Morgan fingerprint density at radius 2 is 1.64 bits per heavy atom. The van der Waals surface area contributed by atoms with E-state index in [0.717, 1.165) is 6.42 Å². The number of fused-ring (bicyclic) bond motifs is 3. The average molecular weight is 364 g/mol. The molecule has 0 spiro atoms. The maximum absolute atomic E-state index is 3.61. The van der Waals surface area contributed by atoms with Gasteiger partial charge in [0.1, 0.15) is 0 Å². The van der Waals surface area contributed by atoms with Crippen LogP contribution in [0.4, 0.5) is 0 Å². The first kappa shape index (κ1) is 17.2. The van der Waals surface area contributed by atoms with Crippen LogP contribution in [-0.4, -0.2) is 0 Å². The standard InChI is InChI=1S/C18H13.C3H7.Zr/c1-2-6-13(5-1)14-9-10-18-16(11-14)12-15-7-3-4-8-17(15)18;1-3-2;/h1-10,13H,12H2;3H,1-2H3;/q2*-1;+2. The van der Waals surface area contributed by atoms with Crippen LogP contribution in [0.5, 0.6) is 0 Å². The second kappa shape index (κ2) is 7.88. The Morgan fingerprint density at radius 3 is 2.36 bits per heavy atom. The Balaban J connectivity index is 0.000000411. The van der Waals surface area contributed by atoms with Crippen molar-refractivity contribution in [3.63, 3.8) is 0 Å². The Kier molecular flexibility index (Phi) is 6.15. The van der Waals surface area contributed by atoms with E-state index < -0.39 is 0 Å². The van der Waals surface area contributed by atoms with Gasteiger partial charge in [0.25, 0.3) is 0 Å². The molecule has 0 bridgehead atoms. The van der Waals surface area contributed by atoms with Gasteiger partial charge in [0.2, 0.25) is 0 Å². The van der Waals surface area contributed by atoms with Gasteiger partial charge in [0, 0.05) is 0 Å². The quantitative estimate of drug-likeness (QED) is 0.501. The molecule has 2 aliphatic carbocycles. The van der Waals surface area contributed by atoms with E-state index in [0.29, 0.717) is 5.92 Å². The van der Waals surface area contributed by atoms with E-state index in [9.17, 15) is 0 Å². The Morgan fingerprint density at radius 1 is 0.955 bits per heavy atom. The van der Waals surface area contributed by atoms with Gasteiger partial charge in [0.05, 0.1) is 0 Å². The molecule has 0 saturated heterocycles. The largest absolute Gasteiger partial charge is 2.00 e. The van der Waals surface area contributed by atoms with Crippen molar-refractivity contribution in [1.29, 1.82) is 0 Å². The van der Waals surface area contributed by atoms with Crippen LogP contribution in [0, 0.1) is 12.5 Å². The predicted octanol–water partition coefficient (Wildman–Crippen LogP) is 5.50. The molecule has 0 unspecified atom stereocenters. The molecule has 0 N–H and O–H groups in total. The number of benzene rings is 2. The Hall–Kier alpha value is -1.20. The summed E-state index contributed by atoms with van der Waals surface area (Å²) in [5, 5.41) is 0. The van der Waals surface area contributed by atoms with Crippen LogP contribution in [0.3, 0.4) is 0 Å². The molecule has 0 saturated carbocycles. The maximum Gasteiger partial charge on any atom is 2.00 e. The van der Waals surface area contributed by atoms with E-state index in [4.69, 9.17) is 0 Å². The van der Waals surface area contributed by atoms with Gasteiger partial charge in [-0.1, -0.05) is 59.7 Å². The summed E-state index contributed by atoms with van der Waals surface area (Å²) < 4.78 is 0. The number of rotatable bonds is 1. The molecule has 1 heteroatoms. The average Bonchev–Trinajstić information content (AvgIpc) is 3.15. The van der Waals surface area contributed by atoms with Crippen molar-refractivity contribution in [3.05, 3.63) is 89.9 Å². The first-order valence-electron chi connectivity index (χ1n) is 7.56. The SMILES string of the molecule is C[CH-]C.[Zr+2].[c-]1c(C2C=CC=C2)ccc2c1Cc1ccccc1-2. The summed E-state index contributed by atoms with van der Waals surface area (Å²) in [5.41, 5.74) is 6.81. The fraction of sp³-hybridized carbons (Fsp3) is 0.190. The molecule has 0 radical (unpaired) electrons. The fourth-order valence-electron chi connectivity index (χ4n) is 2.91. The summed E-state index contributed by atoms with van der Waals surface area (Å²) in [5.74, 6) is 0.416. The topological polar surface area (TPSA) is 0 Å². The van der Waals surface area contributed by atoms with Gasteiger partial charge < -0.3 is 6.42 Å². The normalized spacial score (nSPS) is 13.9. The summed E-state index contributed by atoms with van der Waals surface area (Å²) in [6.07, 6.45) is 11.7. The molecule has 0 aromatic heterocycles. The van der Waals surface area contributed by atoms with E-state index >= 15 is 0 Å². The van der Waals surface area contributed by atoms with Crippen LogP contribution in [0.2, 0.25) is 0 Å². The third-order valence-electron chi connectivity index (χ3n) is 3.83. The number of allylic oxidation sites excluding steroid dienone is 4. The minimum atomic E-state index is 0. The van der Waals surface area contributed by atoms with Gasteiger partial charge in [-0.15, -0.1) is 11.1 Å². The van der Waals surface area contributed by atoms with Crippen molar-refractivity contribution in [3.8, 4) is 11.1 Å². The zero-order valence-electron chi connectivity index (χ0n) is 13.1. The van der Waals surface area contributed by atoms with Crippen LogP contribution in [0.1, 0.15) is 36.5 Å². The van der Waals surface area contributed by atoms with Gasteiger partial charge in [-0.05, 0) is 12.3 Å². The Labute approximate surface area is 153 Å². The molecule has 108 valence electrons. The summed E-state index contributed by atoms with van der Waals surface area (Å²) in [7, 11) is 0. The van der Waals surface area contributed by atoms with E-state index in [1.54, 1.807) is 0 Å². The summed E-state index contributed by atoms with van der Waals surface area (Å²) in [6.45, 7) is 4.00. The fourth-order valence-corrected chi connectivity index (χ4v) is 2.91. The maximum atomic E-state index is 3.61. The molecule has 0 nitrogen and oxygen atoms in total. The molecule has 2 aromatic rings. The van der Waals surface area contributed by atoms with Gasteiger partial charge in [0.15, 0.2) is 0 Å². The monoisotopic (exact) mass is 362 g/mol. The molecule has 0 atom stereocenters. The molecule has 0 heterocycles. The molecular formula is C21H20Zr. The zero-order chi connectivity index (χ0) is 14.7. The van der Waals surface area contributed by atoms with E-state index in [2.05, 4.69) is 66.8 Å². The second-order valence-electron chi connectivity index (χ2n) is 5.51. The Bertz CT molecular complexity index is 683. The molecule has 2 aliphatic rings. The van der Waals surface area contributed by atoms with Crippen molar-refractivity contribution in [2.45, 2.75) is 26.2 Å². The van der Waals surface area contributed by atoms with Crippen molar-refractivity contribution < 1.29 is 26.2 Å². The van der Waals surface area contributed by atoms with Crippen LogP contribution >= 0.6 is 0 Å². The molecule has 4 rings (SSSR count). The third-order valence-corrected chi connectivity index (χ3v) is 3.83.